The predicted molar refractivity (Wildman–Crippen MR) is 73.5 cm³/mol. The largest absolute Gasteiger partial charge is 0.366 e. The average Bonchev–Trinajstić information content (AvgIpc) is 2.46. The van der Waals surface area contributed by atoms with Gasteiger partial charge < -0.3 is 5.73 Å². The molecular weight excluding hydrogens is 238 g/mol. The molecule has 0 saturated carbocycles. The summed E-state index contributed by atoms with van der Waals surface area (Å²) in [5.41, 5.74) is 8.13. The number of rotatable bonds is 2. The van der Waals surface area contributed by atoms with Crippen LogP contribution in [0, 0.1) is 0 Å². The second-order valence-electron chi connectivity index (χ2n) is 4.14. The lowest BCUT2D eigenvalue weighted by Crippen LogP contribution is -2.13. The van der Waals surface area contributed by atoms with Gasteiger partial charge in [0.1, 0.15) is 0 Å². The lowest BCUT2D eigenvalue weighted by Gasteiger charge is -2.08. The highest BCUT2D eigenvalue weighted by atomic mass is 16.1. The quantitative estimate of drug-likeness (QED) is 0.758. The fraction of sp³-hybridized carbons (Fsp3) is 0. The summed E-state index contributed by atoms with van der Waals surface area (Å²) in [7, 11) is 0. The summed E-state index contributed by atoms with van der Waals surface area (Å²) < 4.78 is 0. The Labute approximate surface area is 109 Å². The number of fused-ring (bicyclic) bond motifs is 1. The number of nitrogens with zero attached hydrogens (tertiary/aromatic N) is 2. The summed E-state index contributed by atoms with van der Waals surface area (Å²) in [6.45, 7) is 0. The fourth-order valence-corrected chi connectivity index (χ4v) is 2.13. The Morgan fingerprint density at radius 1 is 0.947 bits per heavy atom. The van der Waals surface area contributed by atoms with Gasteiger partial charge in [-0.25, -0.2) is 0 Å². The first-order chi connectivity index (χ1) is 9.27. The Morgan fingerprint density at radius 2 is 1.74 bits per heavy atom. The zero-order valence-electron chi connectivity index (χ0n) is 10.1. The van der Waals surface area contributed by atoms with Crippen molar-refractivity contribution in [2.45, 2.75) is 0 Å². The van der Waals surface area contributed by atoms with E-state index in [9.17, 15) is 4.79 Å². The van der Waals surface area contributed by atoms with Crippen molar-refractivity contribution in [2.24, 2.45) is 5.73 Å². The lowest BCUT2D eigenvalue weighted by molar-refractivity contribution is 0.100. The third-order valence-electron chi connectivity index (χ3n) is 2.97. The van der Waals surface area contributed by atoms with E-state index in [0.29, 0.717) is 11.3 Å². The van der Waals surface area contributed by atoms with Crippen molar-refractivity contribution < 1.29 is 4.79 Å². The zero-order chi connectivity index (χ0) is 13.2. The summed E-state index contributed by atoms with van der Waals surface area (Å²) in [5, 5.41) is 0.950. The van der Waals surface area contributed by atoms with Gasteiger partial charge in [-0.05, 0) is 24.3 Å². The van der Waals surface area contributed by atoms with Gasteiger partial charge in [0.2, 0.25) is 0 Å². The molecular formula is C15H11N3O. The van der Waals surface area contributed by atoms with Crippen molar-refractivity contribution in [3.8, 4) is 11.3 Å². The average molecular weight is 249 g/mol. The number of carbonyl (C=O) groups excluding carboxylic acids is 1. The number of hydrogen-bond acceptors (Lipinski definition) is 3. The smallest absolute Gasteiger partial charge is 0.250 e. The molecule has 0 unspecified atom stereocenters. The van der Waals surface area contributed by atoms with Crippen LogP contribution in [0.4, 0.5) is 0 Å². The molecule has 3 aromatic rings. The molecule has 0 aliphatic rings. The highest BCUT2D eigenvalue weighted by Gasteiger charge is 2.13. The van der Waals surface area contributed by atoms with Crippen LogP contribution in [0.3, 0.4) is 0 Å². The van der Waals surface area contributed by atoms with E-state index in [1.165, 1.54) is 0 Å². The van der Waals surface area contributed by atoms with Crippen molar-refractivity contribution in [3.05, 3.63) is 60.4 Å². The van der Waals surface area contributed by atoms with Crippen molar-refractivity contribution in [3.63, 3.8) is 0 Å². The van der Waals surface area contributed by atoms with Gasteiger partial charge in [0.25, 0.3) is 5.91 Å². The van der Waals surface area contributed by atoms with Gasteiger partial charge in [0, 0.05) is 23.3 Å². The Balaban J connectivity index is 2.34. The third kappa shape index (κ3) is 1.93. The van der Waals surface area contributed by atoms with Crippen LogP contribution in [0.2, 0.25) is 0 Å². The summed E-state index contributed by atoms with van der Waals surface area (Å²) >= 11 is 0. The van der Waals surface area contributed by atoms with Gasteiger partial charge in [0.05, 0.1) is 16.8 Å². The highest BCUT2D eigenvalue weighted by molar-refractivity contribution is 6.03. The molecule has 0 aliphatic carbocycles. The number of pyridine rings is 2. The van der Waals surface area contributed by atoms with Crippen LogP contribution in [0.15, 0.2) is 54.9 Å². The van der Waals surface area contributed by atoms with Gasteiger partial charge in [-0.1, -0.05) is 18.2 Å². The van der Waals surface area contributed by atoms with Crippen LogP contribution >= 0.6 is 0 Å². The minimum absolute atomic E-state index is 0.416. The van der Waals surface area contributed by atoms with E-state index in [-0.39, 0.29) is 0 Å². The van der Waals surface area contributed by atoms with E-state index in [1.807, 2.05) is 30.3 Å². The molecule has 0 fully saturated rings. The lowest BCUT2D eigenvalue weighted by atomic mass is 10.0. The van der Waals surface area contributed by atoms with Crippen molar-refractivity contribution in [1.82, 2.24) is 9.97 Å². The van der Waals surface area contributed by atoms with Gasteiger partial charge in [-0.15, -0.1) is 0 Å². The molecule has 1 aromatic carbocycles. The zero-order valence-corrected chi connectivity index (χ0v) is 10.1. The fourth-order valence-electron chi connectivity index (χ4n) is 2.13. The first-order valence-corrected chi connectivity index (χ1v) is 5.86. The number of nitrogens with two attached hydrogens (primary N) is 1. The molecule has 0 aliphatic heterocycles. The van der Waals surface area contributed by atoms with E-state index in [1.54, 1.807) is 24.5 Å². The van der Waals surface area contributed by atoms with E-state index in [2.05, 4.69) is 9.97 Å². The van der Waals surface area contributed by atoms with Crippen LogP contribution in [0.5, 0.6) is 0 Å². The molecule has 0 saturated heterocycles. The molecule has 3 rings (SSSR count). The van der Waals surface area contributed by atoms with Crippen LogP contribution in [0.1, 0.15) is 10.4 Å². The summed E-state index contributed by atoms with van der Waals surface area (Å²) in [4.78, 5) is 20.1. The van der Waals surface area contributed by atoms with E-state index < -0.39 is 5.91 Å². The van der Waals surface area contributed by atoms with Crippen molar-refractivity contribution >= 4 is 16.8 Å². The number of hydrogen-bond donors (Lipinski definition) is 1. The minimum atomic E-state index is -0.482. The topological polar surface area (TPSA) is 68.9 Å². The standard InChI is InChI=1S/C15H11N3O/c16-15(19)12-6-3-9-18-14(12)11-4-1-7-13-10(11)5-2-8-17-13/h1-9H,(H2,16,19). The molecule has 92 valence electrons. The van der Waals surface area contributed by atoms with Gasteiger partial charge in [-0.2, -0.15) is 0 Å². The van der Waals surface area contributed by atoms with Crippen LogP contribution in [0.25, 0.3) is 22.2 Å². The SMILES string of the molecule is NC(=O)c1cccnc1-c1cccc2ncccc12. The number of carbonyl (C=O) groups is 1. The highest BCUT2D eigenvalue weighted by Crippen LogP contribution is 2.28. The number of benzene rings is 1. The number of amides is 1. The molecule has 2 heterocycles. The second-order valence-corrected chi connectivity index (χ2v) is 4.14. The van der Waals surface area contributed by atoms with Crippen molar-refractivity contribution in [1.29, 1.82) is 0 Å². The first-order valence-electron chi connectivity index (χ1n) is 5.86. The summed E-state index contributed by atoms with van der Waals surface area (Å²) in [6, 6.07) is 12.9. The van der Waals surface area contributed by atoms with Gasteiger partial charge in [0.15, 0.2) is 0 Å². The normalized spacial score (nSPS) is 10.5. The maximum atomic E-state index is 11.5. The number of aromatic nitrogens is 2. The van der Waals surface area contributed by atoms with Crippen LogP contribution < -0.4 is 5.73 Å². The molecule has 0 atom stereocenters. The second kappa shape index (κ2) is 4.49. The summed E-state index contributed by atoms with van der Waals surface area (Å²) in [5.74, 6) is -0.482. The van der Waals surface area contributed by atoms with E-state index >= 15 is 0 Å². The Bertz CT molecular complexity index is 763. The summed E-state index contributed by atoms with van der Waals surface area (Å²) in [6.07, 6.45) is 3.39. The Kier molecular flexibility index (Phi) is 2.68. The Hall–Kier alpha value is -2.75. The predicted octanol–water partition coefficient (Wildman–Crippen LogP) is 2.40. The molecule has 0 radical (unpaired) electrons. The van der Waals surface area contributed by atoms with Crippen molar-refractivity contribution in [2.75, 3.05) is 0 Å². The molecule has 1 amide bonds. The first kappa shape index (κ1) is 11.3. The van der Waals surface area contributed by atoms with Crippen LogP contribution in [-0.2, 0) is 0 Å². The maximum absolute atomic E-state index is 11.5. The molecule has 19 heavy (non-hydrogen) atoms. The number of primary amides is 1. The molecule has 0 bridgehead atoms. The van der Waals surface area contributed by atoms with Gasteiger partial charge >= 0.3 is 0 Å². The monoisotopic (exact) mass is 249 g/mol. The van der Waals surface area contributed by atoms with Crippen LogP contribution in [-0.4, -0.2) is 15.9 Å². The minimum Gasteiger partial charge on any atom is -0.366 e. The molecule has 2 N–H and O–H groups in total. The Morgan fingerprint density at radius 3 is 2.58 bits per heavy atom. The molecule has 4 heteroatoms. The maximum Gasteiger partial charge on any atom is 0.250 e. The molecule has 2 aromatic heterocycles. The molecule has 0 spiro atoms. The third-order valence-corrected chi connectivity index (χ3v) is 2.97. The molecule has 4 nitrogen and oxygen atoms in total. The van der Waals surface area contributed by atoms with Gasteiger partial charge in [-0.3, -0.25) is 14.8 Å². The van der Waals surface area contributed by atoms with E-state index in [0.717, 1.165) is 16.5 Å². The van der Waals surface area contributed by atoms with E-state index in [4.69, 9.17) is 5.73 Å².